The van der Waals surface area contributed by atoms with Crippen molar-refractivity contribution >= 4 is 11.9 Å². The topological polar surface area (TPSA) is 89.0 Å². The van der Waals surface area contributed by atoms with Gasteiger partial charge < -0.3 is 19.5 Å². The summed E-state index contributed by atoms with van der Waals surface area (Å²) in [6.07, 6.45) is 2.34. The van der Waals surface area contributed by atoms with Crippen LogP contribution >= 0.6 is 0 Å². The Morgan fingerprint density at radius 3 is 2.32 bits per heavy atom. The summed E-state index contributed by atoms with van der Waals surface area (Å²) in [5.41, 5.74) is -0.182. The smallest absolute Gasteiger partial charge is 0.332 e. The molecule has 0 saturated carbocycles. The molecule has 7 heteroatoms. The lowest BCUT2D eigenvalue weighted by Crippen LogP contribution is -2.56. The normalized spacial score (nSPS) is 22.0. The van der Waals surface area contributed by atoms with Crippen LogP contribution in [0.1, 0.15) is 95.9 Å². The predicted octanol–water partition coefficient (Wildman–Crippen LogP) is 5.71. The lowest BCUT2D eigenvalue weighted by Gasteiger charge is -2.41. The van der Waals surface area contributed by atoms with Crippen LogP contribution in [0.15, 0.2) is 42.6 Å². The number of hydrogen-bond donors (Lipinski definition) is 1. The highest BCUT2D eigenvalue weighted by Crippen LogP contribution is 2.51. The average Bonchev–Trinajstić information content (AvgIpc) is 3.16. The Morgan fingerprint density at radius 1 is 1.13 bits per heavy atom. The van der Waals surface area contributed by atoms with E-state index in [0.29, 0.717) is 23.4 Å². The third kappa shape index (κ3) is 6.04. The fourth-order valence-corrected chi connectivity index (χ4v) is 5.61. The first-order chi connectivity index (χ1) is 17.6. The number of esters is 1. The molecule has 0 radical (unpaired) electrons. The molecule has 0 unspecified atom stereocenters. The van der Waals surface area contributed by atoms with E-state index in [1.165, 1.54) is 0 Å². The quantitative estimate of drug-likeness (QED) is 0.467. The summed E-state index contributed by atoms with van der Waals surface area (Å²) < 4.78 is 11.7. The van der Waals surface area contributed by atoms with E-state index in [0.717, 1.165) is 5.56 Å². The number of aromatic nitrogens is 1. The number of rotatable bonds is 7. The number of carbonyl (C=O) groups excluding carboxylic acids is 2. The molecule has 1 saturated heterocycles. The molecule has 1 aromatic carbocycles. The zero-order chi connectivity index (χ0) is 28.5. The summed E-state index contributed by atoms with van der Waals surface area (Å²) in [6, 6.07) is 10.4. The van der Waals surface area contributed by atoms with E-state index in [1.807, 2.05) is 58.9 Å². The molecular weight excluding hydrogens is 480 g/mol. The van der Waals surface area contributed by atoms with Crippen LogP contribution < -0.4 is 4.74 Å². The standard InChI is InChI=1S/C31H44N2O5/c1-20(2)17-31(28(36)38-30(6,7)8)18-22(19-34)26(24-12-10-11-15-32-24)33(31)27(35)21-13-14-23(29(3,4)5)25(16-21)37-9/h10-16,20,22,26,34H,17-19H2,1-9H3/t22-,26+,31-/m0/s1. The van der Waals surface area contributed by atoms with Gasteiger partial charge in [0.1, 0.15) is 16.9 Å². The number of likely N-dealkylation sites (tertiary alicyclic amines) is 1. The van der Waals surface area contributed by atoms with Crippen molar-refractivity contribution in [2.45, 2.75) is 90.8 Å². The Kier molecular flexibility index (Phi) is 8.61. The van der Waals surface area contributed by atoms with Crippen LogP contribution in [0.25, 0.3) is 0 Å². The minimum Gasteiger partial charge on any atom is -0.496 e. The van der Waals surface area contributed by atoms with Crippen LogP contribution in [0.2, 0.25) is 0 Å². The maximum absolute atomic E-state index is 14.5. The minimum absolute atomic E-state index is 0.0810. The maximum atomic E-state index is 14.5. The van der Waals surface area contributed by atoms with E-state index in [4.69, 9.17) is 9.47 Å². The molecule has 2 aromatic rings. The Morgan fingerprint density at radius 2 is 1.82 bits per heavy atom. The molecule has 0 bridgehead atoms. The Labute approximate surface area is 227 Å². The van der Waals surface area contributed by atoms with Crippen LogP contribution in [0, 0.1) is 11.8 Å². The number of hydrogen-bond acceptors (Lipinski definition) is 6. The number of carbonyl (C=O) groups is 2. The number of pyridine rings is 1. The van der Waals surface area contributed by atoms with Gasteiger partial charge in [0.2, 0.25) is 0 Å². The first-order valence-corrected chi connectivity index (χ1v) is 13.4. The molecule has 1 amide bonds. The Balaban J connectivity index is 2.26. The summed E-state index contributed by atoms with van der Waals surface area (Å²) in [6.45, 7) is 15.6. The first kappa shape index (κ1) is 29.6. The van der Waals surface area contributed by atoms with Crippen LogP contribution in [-0.2, 0) is 14.9 Å². The van der Waals surface area contributed by atoms with Crippen molar-refractivity contribution in [3.8, 4) is 5.75 Å². The van der Waals surface area contributed by atoms with E-state index in [1.54, 1.807) is 30.3 Å². The van der Waals surface area contributed by atoms with Crippen LogP contribution in [-0.4, -0.2) is 51.7 Å². The second-order valence-electron chi connectivity index (χ2n) is 12.8. The van der Waals surface area contributed by atoms with E-state index < -0.39 is 29.1 Å². The first-order valence-electron chi connectivity index (χ1n) is 13.4. The van der Waals surface area contributed by atoms with Gasteiger partial charge in [0.15, 0.2) is 0 Å². The van der Waals surface area contributed by atoms with Crippen molar-refractivity contribution in [1.29, 1.82) is 0 Å². The molecule has 3 atom stereocenters. The number of ether oxygens (including phenoxy) is 2. The van der Waals surface area contributed by atoms with Gasteiger partial charge in [-0.3, -0.25) is 9.78 Å². The number of amides is 1. The molecular formula is C31H44N2O5. The molecule has 38 heavy (non-hydrogen) atoms. The highest BCUT2D eigenvalue weighted by Gasteiger charge is 2.60. The van der Waals surface area contributed by atoms with Crippen LogP contribution in [0.5, 0.6) is 5.75 Å². The number of aliphatic hydroxyl groups excluding tert-OH is 1. The summed E-state index contributed by atoms with van der Waals surface area (Å²) in [5.74, 6) is -0.472. The molecule has 0 aliphatic carbocycles. The second-order valence-corrected chi connectivity index (χ2v) is 12.8. The van der Waals surface area contributed by atoms with Crippen molar-refractivity contribution < 1.29 is 24.2 Å². The van der Waals surface area contributed by atoms with Crippen LogP contribution in [0.4, 0.5) is 0 Å². The Bertz CT molecular complexity index is 1130. The minimum atomic E-state index is -1.27. The highest BCUT2D eigenvalue weighted by molar-refractivity contribution is 5.99. The van der Waals surface area contributed by atoms with E-state index in [-0.39, 0.29) is 30.3 Å². The lowest BCUT2D eigenvalue weighted by atomic mass is 9.83. The molecule has 1 fully saturated rings. The van der Waals surface area contributed by atoms with Crippen molar-refractivity contribution in [3.05, 3.63) is 59.4 Å². The zero-order valence-electron chi connectivity index (χ0n) is 24.4. The van der Waals surface area contributed by atoms with Gasteiger partial charge in [-0.05, 0) is 74.8 Å². The summed E-state index contributed by atoms with van der Waals surface area (Å²) >= 11 is 0. The maximum Gasteiger partial charge on any atom is 0.332 e. The van der Waals surface area contributed by atoms with E-state index >= 15 is 0 Å². The number of methoxy groups -OCH3 is 1. The van der Waals surface area contributed by atoms with E-state index in [9.17, 15) is 14.7 Å². The van der Waals surface area contributed by atoms with Crippen LogP contribution in [0.3, 0.4) is 0 Å². The molecule has 1 aromatic heterocycles. The van der Waals surface area contributed by atoms with Crippen molar-refractivity contribution in [1.82, 2.24) is 9.88 Å². The molecule has 3 rings (SSSR count). The van der Waals surface area contributed by atoms with Gasteiger partial charge in [-0.1, -0.05) is 46.8 Å². The van der Waals surface area contributed by atoms with Gasteiger partial charge in [-0.25, -0.2) is 4.79 Å². The fourth-order valence-electron chi connectivity index (χ4n) is 5.61. The largest absolute Gasteiger partial charge is 0.496 e. The average molecular weight is 525 g/mol. The summed E-state index contributed by atoms with van der Waals surface area (Å²) in [5, 5.41) is 10.5. The molecule has 1 aliphatic rings. The van der Waals surface area contributed by atoms with Crippen molar-refractivity contribution in [3.63, 3.8) is 0 Å². The summed E-state index contributed by atoms with van der Waals surface area (Å²) in [7, 11) is 1.59. The van der Waals surface area contributed by atoms with Gasteiger partial charge in [0.05, 0.1) is 18.8 Å². The Hall–Kier alpha value is -2.93. The number of nitrogens with zero attached hydrogens (tertiary/aromatic N) is 2. The van der Waals surface area contributed by atoms with E-state index in [2.05, 4.69) is 25.8 Å². The van der Waals surface area contributed by atoms with Gasteiger partial charge in [0, 0.05) is 24.3 Å². The third-order valence-electron chi connectivity index (χ3n) is 7.01. The fraction of sp³-hybridized carbons (Fsp3) is 0.581. The molecule has 2 heterocycles. The third-order valence-corrected chi connectivity index (χ3v) is 7.01. The number of benzene rings is 1. The zero-order valence-corrected chi connectivity index (χ0v) is 24.4. The molecule has 0 spiro atoms. The lowest BCUT2D eigenvalue weighted by molar-refractivity contribution is -0.168. The molecule has 1 aliphatic heterocycles. The van der Waals surface area contributed by atoms with Gasteiger partial charge >= 0.3 is 5.97 Å². The molecule has 7 nitrogen and oxygen atoms in total. The van der Waals surface area contributed by atoms with Gasteiger partial charge in [-0.2, -0.15) is 0 Å². The summed E-state index contributed by atoms with van der Waals surface area (Å²) in [4.78, 5) is 34.8. The monoisotopic (exact) mass is 524 g/mol. The van der Waals surface area contributed by atoms with Crippen molar-refractivity contribution in [2.24, 2.45) is 11.8 Å². The number of aliphatic hydroxyl groups is 1. The highest BCUT2D eigenvalue weighted by atomic mass is 16.6. The molecule has 1 N–H and O–H groups in total. The second kappa shape index (κ2) is 11.0. The van der Waals surface area contributed by atoms with Crippen molar-refractivity contribution in [2.75, 3.05) is 13.7 Å². The predicted molar refractivity (Wildman–Crippen MR) is 148 cm³/mol. The van der Waals surface area contributed by atoms with Gasteiger partial charge in [0.25, 0.3) is 5.91 Å². The SMILES string of the molecule is COc1cc(C(=O)N2[C@@H](c3ccccn3)[C@H](CO)C[C@@]2(CC(C)C)C(=O)OC(C)(C)C)ccc1C(C)(C)C. The van der Waals surface area contributed by atoms with Gasteiger partial charge in [-0.15, -0.1) is 0 Å². The molecule has 208 valence electrons.